The molecule has 1 aliphatic heterocycles. The van der Waals surface area contributed by atoms with Gasteiger partial charge in [0, 0.05) is 5.41 Å². The molecular formula is C15H21NO3. The van der Waals surface area contributed by atoms with Crippen LogP contribution in [0.4, 0.5) is 0 Å². The molecular weight excluding hydrogens is 242 g/mol. The zero-order valence-corrected chi connectivity index (χ0v) is 11.3. The van der Waals surface area contributed by atoms with E-state index >= 15 is 0 Å². The SMILES string of the molecule is CCCc1ccc(C2(CC(N)C(=O)O)COC2)cc1. The fraction of sp³-hybridized carbons (Fsp3) is 0.533. The fourth-order valence-electron chi connectivity index (χ4n) is 2.57. The van der Waals surface area contributed by atoms with Crippen molar-refractivity contribution in [1.82, 2.24) is 0 Å². The molecule has 3 N–H and O–H groups in total. The van der Waals surface area contributed by atoms with Gasteiger partial charge in [0.15, 0.2) is 0 Å². The van der Waals surface area contributed by atoms with Crippen LogP contribution in [0, 0.1) is 0 Å². The van der Waals surface area contributed by atoms with Gasteiger partial charge in [-0.05, 0) is 24.0 Å². The quantitative estimate of drug-likeness (QED) is 0.819. The van der Waals surface area contributed by atoms with Crippen LogP contribution in [0.25, 0.3) is 0 Å². The minimum Gasteiger partial charge on any atom is -0.480 e. The van der Waals surface area contributed by atoms with Crippen molar-refractivity contribution in [2.24, 2.45) is 5.73 Å². The molecule has 2 rings (SSSR count). The second-order valence-corrected chi connectivity index (χ2v) is 5.37. The number of carboxylic acid groups (broad SMARTS) is 1. The fourth-order valence-corrected chi connectivity index (χ4v) is 2.57. The average molecular weight is 263 g/mol. The topological polar surface area (TPSA) is 72.6 Å². The van der Waals surface area contributed by atoms with Gasteiger partial charge in [-0.1, -0.05) is 37.6 Å². The van der Waals surface area contributed by atoms with Gasteiger partial charge in [0.1, 0.15) is 6.04 Å². The van der Waals surface area contributed by atoms with E-state index in [1.807, 2.05) is 0 Å². The van der Waals surface area contributed by atoms with Crippen molar-refractivity contribution in [1.29, 1.82) is 0 Å². The van der Waals surface area contributed by atoms with Crippen molar-refractivity contribution >= 4 is 5.97 Å². The first-order valence-electron chi connectivity index (χ1n) is 6.73. The Hall–Kier alpha value is -1.39. The number of hydrogen-bond donors (Lipinski definition) is 2. The van der Waals surface area contributed by atoms with Crippen LogP contribution in [-0.4, -0.2) is 30.3 Å². The predicted molar refractivity (Wildman–Crippen MR) is 73.2 cm³/mol. The third-order valence-corrected chi connectivity index (χ3v) is 3.79. The number of carbonyl (C=O) groups is 1. The molecule has 1 heterocycles. The lowest BCUT2D eigenvalue weighted by molar-refractivity contribution is -0.141. The van der Waals surface area contributed by atoms with Crippen LogP contribution in [0.5, 0.6) is 0 Å². The maximum absolute atomic E-state index is 10.9. The first kappa shape index (κ1) is 14.0. The highest BCUT2D eigenvalue weighted by Gasteiger charge is 2.42. The minimum atomic E-state index is -0.950. The van der Waals surface area contributed by atoms with Crippen molar-refractivity contribution in [3.05, 3.63) is 35.4 Å². The average Bonchev–Trinajstić information content (AvgIpc) is 2.35. The van der Waals surface area contributed by atoms with E-state index in [1.165, 1.54) is 5.56 Å². The zero-order chi connectivity index (χ0) is 13.9. The molecule has 1 fully saturated rings. The largest absolute Gasteiger partial charge is 0.480 e. The monoisotopic (exact) mass is 263 g/mol. The van der Waals surface area contributed by atoms with Crippen LogP contribution in [0.1, 0.15) is 30.9 Å². The second kappa shape index (κ2) is 5.72. The summed E-state index contributed by atoms with van der Waals surface area (Å²) in [5.41, 5.74) is 7.90. The summed E-state index contributed by atoms with van der Waals surface area (Å²) in [7, 11) is 0. The van der Waals surface area contributed by atoms with E-state index in [1.54, 1.807) is 0 Å². The van der Waals surface area contributed by atoms with Crippen LogP contribution in [0.3, 0.4) is 0 Å². The van der Waals surface area contributed by atoms with E-state index < -0.39 is 12.0 Å². The molecule has 0 radical (unpaired) electrons. The van der Waals surface area contributed by atoms with E-state index in [0.717, 1.165) is 18.4 Å². The number of hydrogen-bond acceptors (Lipinski definition) is 3. The van der Waals surface area contributed by atoms with Gasteiger partial charge < -0.3 is 15.6 Å². The molecule has 1 aromatic carbocycles. The van der Waals surface area contributed by atoms with Gasteiger partial charge in [0.25, 0.3) is 0 Å². The number of ether oxygens (including phenoxy) is 1. The van der Waals surface area contributed by atoms with Crippen molar-refractivity contribution in [2.45, 2.75) is 37.6 Å². The Morgan fingerprint density at radius 3 is 2.47 bits per heavy atom. The van der Waals surface area contributed by atoms with Crippen LogP contribution in [-0.2, 0) is 21.4 Å². The van der Waals surface area contributed by atoms with Crippen molar-refractivity contribution in [3.8, 4) is 0 Å². The molecule has 4 heteroatoms. The molecule has 19 heavy (non-hydrogen) atoms. The highest BCUT2D eigenvalue weighted by molar-refractivity contribution is 5.73. The summed E-state index contributed by atoms with van der Waals surface area (Å²) in [6.07, 6.45) is 2.62. The van der Waals surface area contributed by atoms with Gasteiger partial charge in [0.05, 0.1) is 13.2 Å². The van der Waals surface area contributed by atoms with Crippen molar-refractivity contribution in [2.75, 3.05) is 13.2 Å². The Balaban J connectivity index is 2.14. The van der Waals surface area contributed by atoms with Gasteiger partial charge >= 0.3 is 5.97 Å². The number of aliphatic carboxylic acids is 1. The molecule has 0 amide bonds. The Kier molecular flexibility index (Phi) is 4.22. The molecule has 1 atom stereocenters. The maximum atomic E-state index is 10.9. The zero-order valence-electron chi connectivity index (χ0n) is 11.3. The molecule has 0 spiro atoms. The molecule has 1 aromatic rings. The maximum Gasteiger partial charge on any atom is 0.320 e. The summed E-state index contributed by atoms with van der Waals surface area (Å²) < 4.78 is 5.30. The third-order valence-electron chi connectivity index (χ3n) is 3.79. The second-order valence-electron chi connectivity index (χ2n) is 5.37. The third kappa shape index (κ3) is 2.96. The minimum absolute atomic E-state index is 0.220. The van der Waals surface area contributed by atoms with Crippen LogP contribution >= 0.6 is 0 Å². The summed E-state index contributed by atoms with van der Waals surface area (Å²) in [6, 6.07) is 7.57. The van der Waals surface area contributed by atoms with E-state index in [2.05, 4.69) is 31.2 Å². The number of benzene rings is 1. The van der Waals surface area contributed by atoms with Crippen LogP contribution in [0.2, 0.25) is 0 Å². The molecule has 1 aliphatic rings. The molecule has 0 aliphatic carbocycles. The van der Waals surface area contributed by atoms with E-state index in [9.17, 15) is 4.79 Å². The van der Waals surface area contributed by atoms with Gasteiger partial charge in [-0.3, -0.25) is 4.79 Å². The van der Waals surface area contributed by atoms with E-state index in [4.69, 9.17) is 15.6 Å². The highest BCUT2D eigenvalue weighted by Crippen LogP contribution is 2.36. The Labute approximate surface area is 113 Å². The Morgan fingerprint density at radius 1 is 1.42 bits per heavy atom. The predicted octanol–water partition coefficient (Wildman–Crippen LogP) is 1.71. The lowest BCUT2D eigenvalue weighted by Gasteiger charge is -2.43. The summed E-state index contributed by atoms with van der Waals surface area (Å²) in [4.78, 5) is 10.9. The van der Waals surface area contributed by atoms with Crippen molar-refractivity contribution in [3.63, 3.8) is 0 Å². The smallest absolute Gasteiger partial charge is 0.320 e. The lowest BCUT2D eigenvalue weighted by atomic mass is 9.73. The molecule has 104 valence electrons. The summed E-state index contributed by atoms with van der Waals surface area (Å²) in [5.74, 6) is -0.950. The van der Waals surface area contributed by atoms with Crippen LogP contribution in [0.15, 0.2) is 24.3 Å². The van der Waals surface area contributed by atoms with Crippen molar-refractivity contribution < 1.29 is 14.6 Å². The van der Waals surface area contributed by atoms with Gasteiger partial charge in [-0.25, -0.2) is 0 Å². The van der Waals surface area contributed by atoms with Gasteiger partial charge in [0.2, 0.25) is 0 Å². The molecule has 1 unspecified atom stereocenters. The number of rotatable bonds is 6. The molecule has 0 saturated carbocycles. The van der Waals surface area contributed by atoms with Gasteiger partial charge in [-0.15, -0.1) is 0 Å². The Morgan fingerprint density at radius 2 is 2.05 bits per heavy atom. The molecule has 0 bridgehead atoms. The standard InChI is InChI=1S/C15H21NO3/c1-2-3-11-4-6-12(7-5-11)15(9-19-10-15)8-13(16)14(17)18/h4-7,13H,2-3,8-10,16H2,1H3,(H,17,18). The first-order valence-corrected chi connectivity index (χ1v) is 6.73. The normalized spacial score (nSPS) is 18.6. The molecule has 1 saturated heterocycles. The number of nitrogens with two attached hydrogens (primary N) is 1. The molecule has 4 nitrogen and oxygen atoms in total. The number of carboxylic acids is 1. The summed E-state index contributed by atoms with van der Waals surface area (Å²) in [6.45, 7) is 3.27. The lowest BCUT2D eigenvalue weighted by Crippen LogP contribution is -2.51. The van der Waals surface area contributed by atoms with Gasteiger partial charge in [-0.2, -0.15) is 0 Å². The van der Waals surface area contributed by atoms with E-state index in [-0.39, 0.29) is 5.41 Å². The van der Waals surface area contributed by atoms with Crippen LogP contribution < -0.4 is 5.73 Å². The number of aryl methyl sites for hydroxylation is 1. The summed E-state index contributed by atoms with van der Waals surface area (Å²) in [5, 5.41) is 8.96. The first-order chi connectivity index (χ1) is 9.07. The summed E-state index contributed by atoms with van der Waals surface area (Å²) >= 11 is 0. The Bertz CT molecular complexity index is 437. The molecule has 0 aromatic heterocycles. The highest BCUT2D eigenvalue weighted by atomic mass is 16.5. The van der Waals surface area contributed by atoms with E-state index in [0.29, 0.717) is 19.6 Å².